The first-order valence-corrected chi connectivity index (χ1v) is 12.3. The highest BCUT2D eigenvalue weighted by Crippen LogP contribution is 2.53. The van der Waals surface area contributed by atoms with Crippen LogP contribution in [0.2, 0.25) is 0 Å². The average Bonchev–Trinajstić information content (AvgIpc) is 2.82. The van der Waals surface area contributed by atoms with Crippen LogP contribution in [0.1, 0.15) is 44.7 Å². The fraction of sp³-hybridized carbons (Fsp3) is 0.462. The van der Waals surface area contributed by atoms with Gasteiger partial charge in [0.2, 0.25) is 11.7 Å². The Morgan fingerprint density at radius 1 is 1.24 bits per heavy atom. The number of carbonyl (C=O) groups excluding carboxylic acids is 4. The number of amides is 2. The summed E-state index contributed by atoms with van der Waals surface area (Å²) >= 11 is 0. The standard InChI is InChI=1S/C26H30FN3O8/c1-4-30(10(2)3)9-17(32)29-15-8-14(27)13-6-11-5-12-7-16(31)20(25(28)37)24(36)26(12,38)23(35)18(11)22(34)19(13)21(15)33/h8,10-12,33-34,36,38H,4-7,9H2,1-3H3,(H2,28,37)(H,29,32)/t11?,12-,26-/m0/s1. The van der Waals surface area contributed by atoms with E-state index in [-0.39, 0.29) is 36.7 Å². The Bertz CT molecular complexity index is 1330. The lowest BCUT2D eigenvalue weighted by Gasteiger charge is -2.46. The fourth-order valence-corrected chi connectivity index (χ4v) is 5.77. The lowest BCUT2D eigenvalue weighted by atomic mass is 9.59. The number of nitrogens with one attached hydrogen (secondary N) is 1. The first-order valence-electron chi connectivity index (χ1n) is 12.3. The summed E-state index contributed by atoms with van der Waals surface area (Å²) in [7, 11) is 0. The number of hydrogen-bond donors (Lipinski definition) is 6. The number of Topliss-reactive ketones (excluding diaryl/α,β-unsaturated/α-hetero) is 2. The molecule has 1 aromatic carbocycles. The molecule has 204 valence electrons. The summed E-state index contributed by atoms with van der Waals surface area (Å²) < 4.78 is 15.2. The van der Waals surface area contributed by atoms with E-state index in [9.17, 15) is 39.6 Å². The molecule has 1 saturated carbocycles. The minimum absolute atomic E-state index is 0.0408. The van der Waals surface area contributed by atoms with Gasteiger partial charge in [0.25, 0.3) is 5.91 Å². The van der Waals surface area contributed by atoms with Crippen molar-refractivity contribution in [2.75, 3.05) is 18.4 Å². The SMILES string of the molecule is CCN(CC(=O)Nc1cc(F)c2c(c1O)C(O)=C1C(=O)[C@]3(O)C(O)=C(C(N)=O)C(=O)C[C@@H]3CC1C2)C(C)C. The number of phenols is 1. The van der Waals surface area contributed by atoms with E-state index in [1.165, 1.54) is 0 Å². The van der Waals surface area contributed by atoms with Crippen molar-refractivity contribution in [1.82, 2.24) is 4.90 Å². The predicted molar refractivity (Wildman–Crippen MR) is 132 cm³/mol. The molecule has 1 unspecified atom stereocenters. The summed E-state index contributed by atoms with van der Waals surface area (Å²) in [5.74, 6) is -9.43. The van der Waals surface area contributed by atoms with Crippen LogP contribution < -0.4 is 11.1 Å². The molecule has 1 aromatic rings. The third-order valence-electron chi connectivity index (χ3n) is 7.77. The fourth-order valence-electron chi connectivity index (χ4n) is 5.77. The maximum Gasteiger partial charge on any atom is 0.255 e. The van der Waals surface area contributed by atoms with Gasteiger partial charge in [0.15, 0.2) is 17.1 Å². The lowest BCUT2D eigenvalue weighted by molar-refractivity contribution is -0.147. The zero-order chi connectivity index (χ0) is 28.3. The highest BCUT2D eigenvalue weighted by Gasteiger charge is 2.60. The summed E-state index contributed by atoms with van der Waals surface area (Å²) in [6.45, 7) is 6.19. The van der Waals surface area contributed by atoms with Crippen molar-refractivity contribution in [1.29, 1.82) is 0 Å². The maximum atomic E-state index is 15.2. The van der Waals surface area contributed by atoms with E-state index in [0.29, 0.717) is 6.54 Å². The number of ketones is 2. The number of primary amides is 1. The van der Waals surface area contributed by atoms with Gasteiger partial charge in [-0.25, -0.2) is 4.39 Å². The number of halogens is 1. The molecule has 0 aromatic heterocycles. The number of benzene rings is 1. The van der Waals surface area contributed by atoms with Crippen molar-refractivity contribution in [3.05, 3.63) is 39.9 Å². The number of hydrogen-bond acceptors (Lipinski definition) is 9. The van der Waals surface area contributed by atoms with E-state index in [4.69, 9.17) is 5.73 Å². The lowest BCUT2D eigenvalue weighted by Crippen LogP contribution is -2.58. The van der Waals surface area contributed by atoms with Gasteiger partial charge in [0.1, 0.15) is 22.9 Å². The number of phenolic OH excluding ortho intramolecular Hbond substituents is 1. The molecule has 0 saturated heterocycles. The van der Waals surface area contributed by atoms with Crippen molar-refractivity contribution in [2.45, 2.75) is 51.7 Å². The average molecular weight is 532 g/mol. The normalized spacial score (nSPS) is 24.9. The Morgan fingerprint density at radius 2 is 1.89 bits per heavy atom. The third-order valence-corrected chi connectivity index (χ3v) is 7.77. The molecule has 4 rings (SSSR count). The van der Waals surface area contributed by atoms with E-state index in [0.717, 1.165) is 6.07 Å². The number of carbonyl (C=O) groups is 4. The number of fused-ring (bicyclic) bond motifs is 3. The summed E-state index contributed by atoms with van der Waals surface area (Å²) in [6.07, 6.45) is -0.742. The van der Waals surface area contributed by atoms with Crippen molar-refractivity contribution in [3.63, 3.8) is 0 Å². The molecule has 3 aliphatic carbocycles. The molecule has 12 heteroatoms. The minimum Gasteiger partial charge on any atom is -0.508 e. The number of rotatable bonds is 6. The van der Waals surface area contributed by atoms with Crippen LogP contribution in [0, 0.1) is 17.7 Å². The second-order valence-corrected chi connectivity index (χ2v) is 10.2. The molecule has 2 amide bonds. The van der Waals surface area contributed by atoms with Crippen LogP contribution in [0.15, 0.2) is 23.0 Å². The first kappa shape index (κ1) is 27.3. The van der Waals surface area contributed by atoms with Crippen molar-refractivity contribution in [2.24, 2.45) is 17.6 Å². The molecular weight excluding hydrogens is 501 g/mol. The molecular formula is C26H30FN3O8. The van der Waals surface area contributed by atoms with Crippen LogP contribution in [-0.2, 0) is 25.6 Å². The molecule has 38 heavy (non-hydrogen) atoms. The topological polar surface area (TPSA) is 190 Å². The van der Waals surface area contributed by atoms with E-state index in [2.05, 4.69) is 5.32 Å². The summed E-state index contributed by atoms with van der Waals surface area (Å²) in [5, 5.41) is 46.3. The highest BCUT2D eigenvalue weighted by atomic mass is 19.1. The molecule has 11 nitrogen and oxygen atoms in total. The molecule has 0 spiro atoms. The number of aliphatic hydroxyl groups excluding tert-OH is 2. The second kappa shape index (κ2) is 9.52. The number of nitrogens with zero attached hydrogens (tertiary/aromatic N) is 1. The predicted octanol–water partition coefficient (Wildman–Crippen LogP) is 1.23. The molecule has 0 heterocycles. The van der Waals surface area contributed by atoms with Crippen molar-refractivity contribution < 1.29 is 44.0 Å². The Kier molecular flexibility index (Phi) is 6.83. The largest absolute Gasteiger partial charge is 0.508 e. The van der Waals surface area contributed by atoms with Crippen LogP contribution in [0.25, 0.3) is 5.76 Å². The minimum atomic E-state index is -2.71. The van der Waals surface area contributed by atoms with Gasteiger partial charge in [-0.1, -0.05) is 6.92 Å². The number of nitrogens with two attached hydrogens (primary N) is 1. The molecule has 1 fully saturated rings. The quantitative estimate of drug-likeness (QED) is 0.231. The van der Waals surface area contributed by atoms with Gasteiger partial charge >= 0.3 is 0 Å². The van der Waals surface area contributed by atoms with Gasteiger partial charge in [0.05, 0.1) is 17.8 Å². The highest BCUT2D eigenvalue weighted by molar-refractivity contribution is 6.22. The summed E-state index contributed by atoms with van der Waals surface area (Å²) in [4.78, 5) is 52.1. The summed E-state index contributed by atoms with van der Waals surface area (Å²) in [5.41, 5.74) is 0.314. The molecule has 3 atom stereocenters. The van der Waals surface area contributed by atoms with Gasteiger partial charge in [-0.3, -0.25) is 24.1 Å². The summed E-state index contributed by atoms with van der Waals surface area (Å²) in [6, 6.07) is 0.974. The molecule has 3 aliphatic rings. The van der Waals surface area contributed by atoms with Gasteiger partial charge in [-0.05, 0) is 39.2 Å². The third kappa shape index (κ3) is 4.04. The Balaban J connectivity index is 1.78. The molecule has 7 N–H and O–H groups in total. The molecule has 0 aliphatic heterocycles. The number of aliphatic hydroxyl groups is 3. The van der Waals surface area contributed by atoms with Crippen LogP contribution >= 0.6 is 0 Å². The van der Waals surface area contributed by atoms with Crippen LogP contribution in [-0.4, -0.2) is 73.4 Å². The van der Waals surface area contributed by atoms with Crippen molar-refractivity contribution in [3.8, 4) is 5.75 Å². The number of anilines is 1. The van der Waals surface area contributed by atoms with Gasteiger partial charge in [-0.2, -0.15) is 0 Å². The van der Waals surface area contributed by atoms with Gasteiger partial charge in [-0.15, -0.1) is 0 Å². The second-order valence-electron chi connectivity index (χ2n) is 10.2. The zero-order valence-electron chi connectivity index (χ0n) is 21.2. The Morgan fingerprint density at radius 3 is 2.47 bits per heavy atom. The molecule has 0 radical (unpaired) electrons. The Hall–Kier alpha value is -3.77. The van der Waals surface area contributed by atoms with Crippen molar-refractivity contribution >= 4 is 34.8 Å². The van der Waals surface area contributed by atoms with Gasteiger partial charge < -0.3 is 31.5 Å². The number of likely N-dealkylation sites (N-methyl/N-ethyl adjacent to an activating group) is 1. The molecule has 0 bridgehead atoms. The van der Waals surface area contributed by atoms with E-state index in [1.54, 1.807) is 0 Å². The zero-order valence-corrected chi connectivity index (χ0v) is 21.2. The van der Waals surface area contributed by atoms with Gasteiger partial charge in [0, 0.05) is 35.6 Å². The van der Waals surface area contributed by atoms with Crippen LogP contribution in [0.3, 0.4) is 0 Å². The maximum absolute atomic E-state index is 15.2. The Labute approximate surface area is 217 Å². The van der Waals surface area contributed by atoms with Crippen LogP contribution in [0.5, 0.6) is 5.75 Å². The monoisotopic (exact) mass is 531 g/mol. The van der Waals surface area contributed by atoms with E-state index < -0.39 is 87.0 Å². The first-order chi connectivity index (χ1) is 17.7. The smallest absolute Gasteiger partial charge is 0.255 e. The van der Waals surface area contributed by atoms with E-state index >= 15 is 4.39 Å². The van der Waals surface area contributed by atoms with E-state index in [1.807, 2.05) is 25.7 Å². The number of aromatic hydroxyl groups is 1. The van der Waals surface area contributed by atoms with Crippen LogP contribution in [0.4, 0.5) is 10.1 Å².